The smallest absolute Gasteiger partial charge is 0.352 e. The van der Waals surface area contributed by atoms with Crippen LogP contribution in [0.4, 0.5) is 0 Å². The number of carboxylic acids is 1. The predicted octanol–water partition coefficient (Wildman–Crippen LogP) is 2.43. The molecule has 4 nitrogen and oxygen atoms in total. The molecule has 1 aromatic carbocycles. The number of carbonyl (C=O) groups is 1. The van der Waals surface area contributed by atoms with Gasteiger partial charge >= 0.3 is 5.97 Å². The van der Waals surface area contributed by atoms with E-state index in [4.69, 9.17) is 10.4 Å². The van der Waals surface area contributed by atoms with Gasteiger partial charge in [-0.05, 0) is 30.2 Å². The van der Waals surface area contributed by atoms with Gasteiger partial charge in [-0.25, -0.2) is 4.79 Å². The third kappa shape index (κ3) is 1.87. The van der Waals surface area contributed by atoms with Crippen LogP contribution in [-0.2, 0) is 13.0 Å². The summed E-state index contributed by atoms with van der Waals surface area (Å²) in [5, 5.41) is 18.7. The van der Waals surface area contributed by atoms with Gasteiger partial charge in [-0.2, -0.15) is 5.26 Å². The van der Waals surface area contributed by atoms with E-state index in [9.17, 15) is 4.79 Å². The van der Waals surface area contributed by atoms with Crippen LogP contribution in [-0.4, -0.2) is 15.6 Å². The van der Waals surface area contributed by atoms with Crippen LogP contribution in [0.1, 0.15) is 23.0 Å². The molecule has 0 saturated heterocycles. The molecule has 0 aliphatic carbocycles. The van der Waals surface area contributed by atoms with E-state index in [2.05, 4.69) is 0 Å². The van der Waals surface area contributed by atoms with Crippen LogP contribution < -0.4 is 0 Å². The lowest BCUT2D eigenvalue weighted by Crippen LogP contribution is -2.07. The second kappa shape index (κ2) is 4.30. The summed E-state index contributed by atoms with van der Waals surface area (Å²) in [6.07, 6.45) is 0.905. The lowest BCUT2D eigenvalue weighted by atomic mass is 10.1. The zero-order valence-corrected chi connectivity index (χ0v) is 9.47. The molecule has 1 aromatic heterocycles. The van der Waals surface area contributed by atoms with E-state index >= 15 is 0 Å². The van der Waals surface area contributed by atoms with Gasteiger partial charge in [0.2, 0.25) is 0 Å². The quantitative estimate of drug-likeness (QED) is 0.877. The molecule has 0 saturated carbocycles. The highest BCUT2D eigenvalue weighted by Gasteiger charge is 2.14. The summed E-state index contributed by atoms with van der Waals surface area (Å²) in [6.45, 7) is 2.10. The minimum atomic E-state index is -1.01. The van der Waals surface area contributed by atoms with Crippen LogP contribution in [0.25, 0.3) is 10.9 Å². The first-order valence-corrected chi connectivity index (χ1v) is 5.39. The van der Waals surface area contributed by atoms with Crippen LogP contribution in [0.15, 0.2) is 24.3 Å². The van der Waals surface area contributed by atoms with Gasteiger partial charge in [0.05, 0.1) is 6.07 Å². The van der Waals surface area contributed by atoms with Gasteiger partial charge in [-0.1, -0.05) is 13.0 Å². The number of aromatic carboxylic acids is 1. The molecule has 2 rings (SSSR count). The fraction of sp³-hybridized carbons (Fsp3) is 0.231. The van der Waals surface area contributed by atoms with Crippen molar-refractivity contribution in [1.29, 1.82) is 5.26 Å². The summed E-state index contributed by atoms with van der Waals surface area (Å²) in [4.78, 5) is 11.1. The Kier molecular flexibility index (Phi) is 2.84. The van der Waals surface area contributed by atoms with Gasteiger partial charge in [0.1, 0.15) is 12.2 Å². The van der Waals surface area contributed by atoms with Crippen molar-refractivity contribution >= 4 is 16.9 Å². The standard InChI is InChI=1S/C13H12N2O2/c1-2-9-3-4-11-10(7-9)8-12(13(16)17)15(11)6-5-14/h3-4,7-8H,2,6H2,1H3,(H,16,17). The number of fused-ring (bicyclic) bond motifs is 1. The number of carboxylic acid groups (broad SMARTS) is 1. The molecule has 0 aliphatic heterocycles. The molecule has 0 aliphatic rings. The summed E-state index contributed by atoms with van der Waals surface area (Å²) < 4.78 is 1.52. The van der Waals surface area contributed by atoms with Crippen molar-refractivity contribution in [2.24, 2.45) is 0 Å². The van der Waals surface area contributed by atoms with Crippen molar-refractivity contribution < 1.29 is 9.90 Å². The maximum atomic E-state index is 11.1. The molecular formula is C13H12N2O2. The molecule has 0 amide bonds. The predicted molar refractivity (Wildman–Crippen MR) is 63.9 cm³/mol. The molecule has 1 heterocycles. The highest BCUT2D eigenvalue weighted by Crippen LogP contribution is 2.21. The van der Waals surface area contributed by atoms with Crippen molar-refractivity contribution in [3.05, 3.63) is 35.5 Å². The average molecular weight is 228 g/mol. The van der Waals surface area contributed by atoms with Crippen molar-refractivity contribution in [2.75, 3.05) is 0 Å². The Morgan fingerprint density at radius 1 is 1.47 bits per heavy atom. The average Bonchev–Trinajstić information content (AvgIpc) is 2.68. The Balaban J connectivity index is 2.70. The fourth-order valence-electron chi connectivity index (χ4n) is 1.96. The summed E-state index contributed by atoms with van der Waals surface area (Å²) in [6, 6.07) is 9.41. The maximum Gasteiger partial charge on any atom is 0.352 e. The third-order valence-electron chi connectivity index (χ3n) is 2.82. The maximum absolute atomic E-state index is 11.1. The van der Waals surface area contributed by atoms with Crippen molar-refractivity contribution in [1.82, 2.24) is 4.57 Å². The molecule has 86 valence electrons. The minimum Gasteiger partial charge on any atom is -0.477 e. The molecule has 0 bridgehead atoms. The first kappa shape index (κ1) is 11.2. The number of aryl methyl sites for hydroxylation is 1. The second-order valence-corrected chi connectivity index (χ2v) is 3.83. The van der Waals surface area contributed by atoms with Gasteiger partial charge in [0.25, 0.3) is 0 Å². The molecule has 4 heteroatoms. The van der Waals surface area contributed by atoms with E-state index in [1.165, 1.54) is 4.57 Å². The van der Waals surface area contributed by atoms with Crippen LogP contribution in [0.2, 0.25) is 0 Å². The second-order valence-electron chi connectivity index (χ2n) is 3.83. The number of hydrogen-bond acceptors (Lipinski definition) is 2. The van der Waals surface area contributed by atoms with Crippen LogP contribution in [0.5, 0.6) is 0 Å². The van der Waals surface area contributed by atoms with E-state index in [-0.39, 0.29) is 12.2 Å². The van der Waals surface area contributed by atoms with Crippen LogP contribution >= 0.6 is 0 Å². The number of aromatic nitrogens is 1. The summed E-state index contributed by atoms with van der Waals surface area (Å²) in [5.41, 5.74) is 2.11. The third-order valence-corrected chi connectivity index (χ3v) is 2.82. The Bertz CT molecular complexity index is 620. The van der Waals surface area contributed by atoms with Gasteiger partial charge in [-0.3, -0.25) is 0 Å². The molecule has 0 atom stereocenters. The monoisotopic (exact) mass is 228 g/mol. The lowest BCUT2D eigenvalue weighted by molar-refractivity contribution is 0.0686. The number of rotatable bonds is 3. The van der Waals surface area contributed by atoms with Gasteiger partial charge < -0.3 is 9.67 Å². The summed E-state index contributed by atoms with van der Waals surface area (Å²) in [5.74, 6) is -1.01. The molecule has 0 spiro atoms. The number of nitriles is 1. The van der Waals surface area contributed by atoms with Crippen molar-refractivity contribution in [3.8, 4) is 6.07 Å². The fourth-order valence-corrected chi connectivity index (χ4v) is 1.96. The zero-order chi connectivity index (χ0) is 12.4. The Labute approximate surface area is 98.7 Å². The van der Waals surface area contributed by atoms with Gasteiger partial charge in [-0.15, -0.1) is 0 Å². The first-order chi connectivity index (χ1) is 8.17. The Morgan fingerprint density at radius 2 is 2.24 bits per heavy atom. The van der Waals surface area contributed by atoms with Crippen LogP contribution in [0, 0.1) is 11.3 Å². The Morgan fingerprint density at radius 3 is 2.82 bits per heavy atom. The molecular weight excluding hydrogens is 216 g/mol. The Hall–Kier alpha value is -2.28. The first-order valence-electron chi connectivity index (χ1n) is 5.39. The molecule has 1 N–H and O–H groups in total. The largest absolute Gasteiger partial charge is 0.477 e. The minimum absolute atomic E-state index is 0.0522. The summed E-state index contributed by atoms with van der Waals surface area (Å²) >= 11 is 0. The lowest BCUT2D eigenvalue weighted by Gasteiger charge is -2.03. The highest BCUT2D eigenvalue weighted by atomic mass is 16.4. The molecule has 0 fully saturated rings. The van der Waals surface area contributed by atoms with Crippen molar-refractivity contribution in [3.63, 3.8) is 0 Å². The van der Waals surface area contributed by atoms with E-state index in [0.717, 1.165) is 22.9 Å². The van der Waals surface area contributed by atoms with Gasteiger partial charge in [0.15, 0.2) is 0 Å². The zero-order valence-electron chi connectivity index (χ0n) is 9.47. The summed E-state index contributed by atoms with van der Waals surface area (Å²) in [7, 11) is 0. The topological polar surface area (TPSA) is 66.0 Å². The molecule has 0 radical (unpaired) electrons. The highest BCUT2D eigenvalue weighted by molar-refractivity contribution is 5.94. The van der Waals surface area contributed by atoms with E-state index < -0.39 is 5.97 Å². The molecule has 17 heavy (non-hydrogen) atoms. The number of benzene rings is 1. The van der Waals surface area contributed by atoms with Crippen molar-refractivity contribution in [2.45, 2.75) is 19.9 Å². The van der Waals surface area contributed by atoms with Gasteiger partial charge in [0, 0.05) is 10.9 Å². The van der Waals surface area contributed by atoms with E-state index in [1.807, 2.05) is 31.2 Å². The number of hydrogen-bond donors (Lipinski definition) is 1. The molecule has 0 unspecified atom stereocenters. The SMILES string of the molecule is CCc1ccc2c(c1)cc(C(=O)O)n2CC#N. The van der Waals surface area contributed by atoms with Crippen LogP contribution in [0.3, 0.4) is 0 Å². The van der Waals surface area contributed by atoms with E-state index in [1.54, 1.807) is 6.07 Å². The number of nitrogens with zero attached hydrogens (tertiary/aromatic N) is 2. The normalized spacial score (nSPS) is 10.4. The van der Waals surface area contributed by atoms with E-state index in [0.29, 0.717) is 0 Å². The molecule has 2 aromatic rings.